The fraction of sp³-hybridized carbons (Fsp3) is 0.214. The van der Waals surface area contributed by atoms with Gasteiger partial charge in [0.05, 0.1) is 12.5 Å². The molecule has 0 unspecified atom stereocenters. The van der Waals surface area contributed by atoms with Crippen molar-refractivity contribution >= 4 is 16.9 Å². The molecule has 0 aliphatic carbocycles. The fourth-order valence-electron chi connectivity index (χ4n) is 3.55. The zero-order valence-corrected chi connectivity index (χ0v) is 20.4. The van der Waals surface area contributed by atoms with Gasteiger partial charge >= 0.3 is 12.1 Å². The Kier molecular flexibility index (Phi) is 7.90. The maximum atomic E-state index is 13.8. The molecule has 7 nitrogen and oxygen atoms in total. The van der Waals surface area contributed by atoms with Gasteiger partial charge in [0.1, 0.15) is 29.4 Å². The van der Waals surface area contributed by atoms with Crippen molar-refractivity contribution in [3.05, 3.63) is 94.3 Å². The zero-order valence-electron chi connectivity index (χ0n) is 20.4. The molecule has 0 fully saturated rings. The predicted molar refractivity (Wildman–Crippen MR) is 131 cm³/mol. The number of fused-ring (bicyclic) bond motifs is 1. The Hall–Kier alpha value is -4.47. The highest BCUT2D eigenvalue weighted by Crippen LogP contribution is 2.39. The van der Waals surface area contributed by atoms with E-state index in [1.807, 2.05) is 18.2 Å². The van der Waals surface area contributed by atoms with Crippen LogP contribution in [0.2, 0.25) is 0 Å². The molecule has 1 heterocycles. The van der Waals surface area contributed by atoms with Crippen molar-refractivity contribution in [2.45, 2.75) is 32.2 Å². The number of esters is 1. The molecular weight excluding hydrogens is 505 g/mol. The van der Waals surface area contributed by atoms with Gasteiger partial charge in [0.2, 0.25) is 11.2 Å². The Labute approximate surface area is 215 Å². The van der Waals surface area contributed by atoms with Crippen molar-refractivity contribution in [1.29, 1.82) is 0 Å². The van der Waals surface area contributed by atoms with E-state index in [4.69, 9.17) is 23.4 Å². The number of hydrogen-bond acceptors (Lipinski definition) is 7. The molecule has 0 N–H and O–H groups in total. The lowest BCUT2D eigenvalue weighted by Gasteiger charge is -2.17. The molecule has 38 heavy (non-hydrogen) atoms. The summed E-state index contributed by atoms with van der Waals surface area (Å²) in [4.78, 5) is 25.5. The van der Waals surface area contributed by atoms with E-state index in [0.29, 0.717) is 5.75 Å². The van der Waals surface area contributed by atoms with Crippen molar-refractivity contribution in [2.24, 2.45) is 0 Å². The van der Waals surface area contributed by atoms with Crippen LogP contribution in [-0.2, 0) is 22.3 Å². The van der Waals surface area contributed by atoms with Crippen LogP contribution in [0.1, 0.15) is 24.7 Å². The lowest BCUT2D eigenvalue weighted by Crippen LogP contribution is -2.28. The Morgan fingerprint density at radius 3 is 2.24 bits per heavy atom. The molecule has 4 aromatic rings. The molecular formula is C28H23F3O7. The van der Waals surface area contributed by atoms with Gasteiger partial charge in [-0.15, -0.1) is 0 Å². The summed E-state index contributed by atoms with van der Waals surface area (Å²) in [7, 11) is 1.43. The van der Waals surface area contributed by atoms with Crippen LogP contribution in [0.25, 0.3) is 11.0 Å². The first-order chi connectivity index (χ1) is 18.2. The molecule has 0 aliphatic rings. The van der Waals surface area contributed by atoms with E-state index < -0.39 is 35.2 Å². The van der Waals surface area contributed by atoms with Gasteiger partial charge in [0.25, 0.3) is 5.76 Å². The maximum Gasteiger partial charge on any atom is 0.453 e. The van der Waals surface area contributed by atoms with E-state index in [9.17, 15) is 22.8 Å². The van der Waals surface area contributed by atoms with Crippen molar-refractivity contribution in [2.75, 3.05) is 7.11 Å². The SMILES string of the molecule is CC[C@H](Oc1ccc2c(=O)c(Oc3ccc(OC)cc3)c(C(F)(F)F)oc2c1)C(=O)OCc1ccccc1. The minimum Gasteiger partial charge on any atom is -0.497 e. The van der Waals surface area contributed by atoms with Crippen LogP contribution in [0.3, 0.4) is 0 Å². The van der Waals surface area contributed by atoms with Gasteiger partial charge in [-0.05, 0) is 48.4 Å². The van der Waals surface area contributed by atoms with Crippen LogP contribution < -0.4 is 19.6 Å². The number of carbonyl (C=O) groups is 1. The third-order valence-corrected chi connectivity index (χ3v) is 5.49. The second-order valence-corrected chi connectivity index (χ2v) is 8.13. The molecule has 4 rings (SSSR count). The summed E-state index contributed by atoms with van der Waals surface area (Å²) in [5.74, 6) is -2.77. The minimum absolute atomic E-state index is 0.0114. The van der Waals surface area contributed by atoms with Gasteiger partial charge in [-0.1, -0.05) is 37.3 Å². The summed E-state index contributed by atoms with van der Waals surface area (Å²) < 4.78 is 68.0. The van der Waals surface area contributed by atoms with Gasteiger partial charge in [0, 0.05) is 6.07 Å². The molecule has 0 bridgehead atoms. The van der Waals surface area contributed by atoms with E-state index in [1.54, 1.807) is 19.1 Å². The minimum atomic E-state index is -5.03. The van der Waals surface area contributed by atoms with Crippen LogP contribution in [-0.4, -0.2) is 19.2 Å². The largest absolute Gasteiger partial charge is 0.497 e. The highest BCUT2D eigenvalue weighted by atomic mass is 19.4. The number of halogens is 3. The van der Waals surface area contributed by atoms with E-state index in [1.165, 1.54) is 43.5 Å². The first-order valence-corrected chi connectivity index (χ1v) is 11.6. The average molecular weight is 528 g/mol. The first-order valence-electron chi connectivity index (χ1n) is 11.6. The van der Waals surface area contributed by atoms with Crippen LogP contribution >= 0.6 is 0 Å². The smallest absolute Gasteiger partial charge is 0.453 e. The van der Waals surface area contributed by atoms with Gasteiger partial charge in [-0.3, -0.25) is 4.79 Å². The Morgan fingerprint density at radius 1 is 0.947 bits per heavy atom. The molecule has 0 saturated heterocycles. The number of ether oxygens (including phenoxy) is 4. The Morgan fingerprint density at radius 2 is 1.61 bits per heavy atom. The normalized spacial score (nSPS) is 12.1. The molecule has 0 amide bonds. The van der Waals surface area contributed by atoms with Crippen molar-refractivity contribution in [1.82, 2.24) is 0 Å². The van der Waals surface area contributed by atoms with Crippen molar-refractivity contribution in [3.63, 3.8) is 0 Å². The third-order valence-electron chi connectivity index (χ3n) is 5.49. The number of carbonyl (C=O) groups excluding carboxylic acids is 1. The van der Waals surface area contributed by atoms with E-state index >= 15 is 0 Å². The van der Waals surface area contributed by atoms with Gasteiger partial charge in [0.15, 0.2) is 6.10 Å². The van der Waals surface area contributed by atoms with Crippen molar-refractivity contribution in [3.8, 4) is 23.0 Å². The molecule has 1 aromatic heterocycles. The number of benzene rings is 3. The quantitative estimate of drug-likeness (QED) is 0.229. The molecule has 0 spiro atoms. The molecule has 3 aromatic carbocycles. The predicted octanol–water partition coefficient (Wildman–Crippen LogP) is 6.51. The van der Waals surface area contributed by atoms with E-state index in [0.717, 1.165) is 11.6 Å². The van der Waals surface area contributed by atoms with Gasteiger partial charge < -0.3 is 23.4 Å². The lowest BCUT2D eigenvalue weighted by atomic mass is 10.2. The number of hydrogen-bond donors (Lipinski definition) is 0. The molecule has 198 valence electrons. The van der Waals surface area contributed by atoms with Crippen LogP contribution in [0.15, 0.2) is 82.0 Å². The second-order valence-electron chi connectivity index (χ2n) is 8.13. The summed E-state index contributed by atoms with van der Waals surface area (Å²) in [6.07, 6.45) is -5.82. The molecule has 10 heteroatoms. The fourth-order valence-corrected chi connectivity index (χ4v) is 3.55. The average Bonchev–Trinajstić information content (AvgIpc) is 2.92. The second kappa shape index (κ2) is 11.3. The third kappa shape index (κ3) is 6.08. The molecule has 0 aliphatic heterocycles. The molecule has 0 radical (unpaired) electrons. The highest BCUT2D eigenvalue weighted by molar-refractivity contribution is 5.80. The first kappa shape index (κ1) is 26.6. The molecule has 1 atom stereocenters. The summed E-state index contributed by atoms with van der Waals surface area (Å²) in [5, 5.41) is -0.159. The maximum absolute atomic E-state index is 13.8. The molecule has 0 saturated carbocycles. The van der Waals surface area contributed by atoms with E-state index in [-0.39, 0.29) is 35.5 Å². The highest BCUT2D eigenvalue weighted by Gasteiger charge is 2.40. The van der Waals surface area contributed by atoms with Crippen molar-refractivity contribution < 1.29 is 41.3 Å². The van der Waals surface area contributed by atoms with Crippen LogP contribution in [0.4, 0.5) is 13.2 Å². The standard InChI is InChI=1S/C28H23F3O7/c1-3-22(27(33)35-16-17-7-5-4-6-8-17)36-20-13-14-21-23(15-20)38-26(28(29,30)31)25(24(21)32)37-19-11-9-18(34-2)10-12-19/h4-15,22H,3,16H2,1-2H3/t22-/m0/s1. The topological polar surface area (TPSA) is 84.2 Å². The van der Waals surface area contributed by atoms with Gasteiger partial charge in [-0.25, -0.2) is 4.79 Å². The summed E-state index contributed by atoms with van der Waals surface area (Å²) in [6.45, 7) is 1.73. The van der Waals surface area contributed by atoms with Gasteiger partial charge in [-0.2, -0.15) is 13.2 Å². The number of rotatable bonds is 9. The summed E-state index contributed by atoms with van der Waals surface area (Å²) in [6, 6.07) is 18.4. The summed E-state index contributed by atoms with van der Waals surface area (Å²) >= 11 is 0. The lowest BCUT2D eigenvalue weighted by molar-refractivity contribution is -0.154. The zero-order chi connectivity index (χ0) is 27.3. The monoisotopic (exact) mass is 528 g/mol. The summed E-state index contributed by atoms with van der Waals surface area (Å²) in [5.41, 5.74) is -0.611. The number of methoxy groups -OCH3 is 1. The van der Waals surface area contributed by atoms with E-state index in [2.05, 4.69) is 0 Å². The van der Waals surface area contributed by atoms with Crippen LogP contribution in [0.5, 0.6) is 23.0 Å². The van der Waals surface area contributed by atoms with Crippen LogP contribution in [0, 0.1) is 0 Å². The Balaban J connectivity index is 1.61. The number of alkyl halides is 3. The Bertz CT molecular complexity index is 1460.